The lowest BCUT2D eigenvalue weighted by Crippen LogP contribution is -2.41. The molecule has 21 heavy (non-hydrogen) atoms. The Kier molecular flexibility index (Phi) is 5.17. The van der Waals surface area contributed by atoms with Crippen LogP contribution in [0.15, 0.2) is 18.2 Å². The number of nitrogens with one attached hydrogen (secondary N) is 1. The number of amides is 1. The first kappa shape index (κ1) is 15.8. The molecule has 5 heteroatoms. The third-order valence-electron chi connectivity index (χ3n) is 4.29. The Hall–Kier alpha value is -1.62. The van der Waals surface area contributed by atoms with Gasteiger partial charge in [-0.05, 0) is 31.0 Å². The van der Waals surface area contributed by atoms with Crippen LogP contribution in [0.25, 0.3) is 0 Å². The van der Waals surface area contributed by atoms with Gasteiger partial charge in [0.05, 0.1) is 13.7 Å². The fourth-order valence-corrected chi connectivity index (χ4v) is 2.87. The van der Waals surface area contributed by atoms with E-state index in [0.717, 1.165) is 25.7 Å². The van der Waals surface area contributed by atoms with E-state index in [0.29, 0.717) is 6.54 Å². The number of aliphatic hydroxyl groups is 1. The van der Waals surface area contributed by atoms with Crippen molar-refractivity contribution in [2.24, 2.45) is 5.41 Å². The van der Waals surface area contributed by atoms with E-state index in [2.05, 4.69) is 5.32 Å². The highest BCUT2D eigenvalue weighted by atomic mass is 19.1. The van der Waals surface area contributed by atoms with E-state index in [1.54, 1.807) is 0 Å². The van der Waals surface area contributed by atoms with Gasteiger partial charge in [0, 0.05) is 17.5 Å². The van der Waals surface area contributed by atoms with Gasteiger partial charge in [0.15, 0.2) is 11.6 Å². The van der Waals surface area contributed by atoms with Gasteiger partial charge in [-0.2, -0.15) is 0 Å². The molecule has 2 rings (SSSR count). The zero-order valence-corrected chi connectivity index (χ0v) is 12.3. The van der Waals surface area contributed by atoms with Crippen molar-refractivity contribution in [2.75, 3.05) is 20.3 Å². The second-order valence-electron chi connectivity index (χ2n) is 5.75. The molecular weight excluding hydrogens is 273 g/mol. The van der Waals surface area contributed by atoms with Crippen LogP contribution in [0.4, 0.5) is 4.39 Å². The fraction of sp³-hybridized carbons (Fsp3) is 0.562. The number of hydrogen-bond acceptors (Lipinski definition) is 3. The number of carbonyl (C=O) groups is 1. The molecule has 0 bridgehead atoms. The standard InChI is InChI=1S/C16H22FNO3/c1-21-14-6-5-12(9-13(14)17)15(20)18-10-16(11-19)7-3-2-4-8-16/h5-6,9,19H,2-4,7-8,10-11H2,1H3,(H,18,20). The predicted molar refractivity (Wildman–Crippen MR) is 77.9 cm³/mol. The molecule has 0 aliphatic heterocycles. The molecule has 0 spiro atoms. The average molecular weight is 295 g/mol. The summed E-state index contributed by atoms with van der Waals surface area (Å²) in [5.74, 6) is -0.764. The number of aliphatic hydroxyl groups excluding tert-OH is 1. The number of carbonyl (C=O) groups excluding carboxylic acids is 1. The van der Waals surface area contributed by atoms with Crippen LogP contribution in [-0.4, -0.2) is 31.3 Å². The molecule has 116 valence electrons. The molecule has 1 aliphatic carbocycles. The molecule has 1 aliphatic rings. The highest BCUT2D eigenvalue weighted by Crippen LogP contribution is 2.35. The molecule has 0 heterocycles. The van der Waals surface area contributed by atoms with Crippen LogP contribution < -0.4 is 10.1 Å². The molecule has 0 radical (unpaired) electrons. The quantitative estimate of drug-likeness (QED) is 0.877. The molecule has 0 unspecified atom stereocenters. The molecule has 1 saturated carbocycles. The Morgan fingerprint density at radius 3 is 2.67 bits per heavy atom. The Morgan fingerprint density at radius 2 is 2.10 bits per heavy atom. The van der Waals surface area contributed by atoms with Crippen molar-refractivity contribution in [3.05, 3.63) is 29.6 Å². The molecule has 2 N–H and O–H groups in total. The highest BCUT2D eigenvalue weighted by Gasteiger charge is 2.31. The minimum absolute atomic E-state index is 0.0737. The lowest BCUT2D eigenvalue weighted by molar-refractivity contribution is 0.0718. The third-order valence-corrected chi connectivity index (χ3v) is 4.29. The number of methoxy groups -OCH3 is 1. The van der Waals surface area contributed by atoms with Crippen LogP contribution in [0.3, 0.4) is 0 Å². The van der Waals surface area contributed by atoms with Gasteiger partial charge in [0.25, 0.3) is 5.91 Å². The minimum atomic E-state index is -0.556. The van der Waals surface area contributed by atoms with Crippen LogP contribution in [-0.2, 0) is 0 Å². The average Bonchev–Trinajstić information content (AvgIpc) is 2.53. The topological polar surface area (TPSA) is 58.6 Å². The van der Waals surface area contributed by atoms with Gasteiger partial charge in [-0.25, -0.2) is 4.39 Å². The van der Waals surface area contributed by atoms with E-state index in [1.165, 1.54) is 31.7 Å². The first-order valence-electron chi connectivity index (χ1n) is 7.33. The van der Waals surface area contributed by atoms with Crippen LogP contribution in [0.5, 0.6) is 5.75 Å². The van der Waals surface area contributed by atoms with Crippen LogP contribution in [0.1, 0.15) is 42.5 Å². The van der Waals surface area contributed by atoms with Crippen molar-refractivity contribution in [2.45, 2.75) is 32.1 Å². The summed E-state index contributed by atoms with van der Waals surface area (Å²) in [6.45, 7) is 0.500. The third kappa shape index (κ3) is 3.73. The second-order valence-corrected chi connectivity index (χ2v) is 5.75. The van der Waals surface area contributed by atoms with E-state index in [-0.39, 0.29) is 29.2 Å². The largest absolute Gasteiger partial charge is 0.494 e. The van der Waals surface area contributed by atoms with E-state index in [1.807, 2.05) is 0 Å². The van der Waals surface area contributed by atoms with Gasteiger partial charge in [-0.15, -0.1) is 0 Å². The summed E-state index contributed by atoms with van der Waals surface area (Å²) in [5.41, 5.74) is 0.0380. The first-order valence-corrected chi connectivity index (χ1v) is 7.33. The van der Waals surface area contributed by atoms with Crippen molar-refractivity contribution < 1.29 is 19.0 Å². The Morgan fingerprint density at radius 1 is 1.38 bits per heavy atom. The summed E-state index contributed by atoms with van der Waals surface area (Å²) in [7, 11) is 1.38. The van der Waals surface area contributed by atoms with Gasteiger partial charge < -0.3 is 15.2 Å². The van der Waals surface area contributed by atoms with E-state index < -0.39 is 5.82 Å². The zero-order valence-electron chi connectivity index (χ0n) is 12.3. The van der Waals surface area contributed by atoms with E-state index >= 15 is 0 Å². The van der Waals surface area contributed by atoms with Crippen LogP contribution in [0.2, 0.25) is 0 Å². The molecular formula is C16H22FNO3. The summed E-state index contributed by atoms with van der Waals surface area (Å²) in [6, 6.07) is 4.14. The zero-order chi connectivity index (χ0) is 15.3. The lowest BCUT2D eigenvalue weighted by Gasteiger charge is -2.35. The minimum Gasteiger partial charge on any atom is -0.494 e. The molecule has 0 aromatic heterocycles. The maximum Gasteiger partial charge on any atom is 0.251 e. The van der Waals surface area contributed by atoms with E-state index in [4.69, 9.17) is 4.74 Å². The van der Waals surface area contributed by atoms with Crippen LogP contribution in [0, 0.1) is 11.2 Å². The molecule has 4 nitrogen and oxygen atoms in total. The molecule has 0 saturated heterocycles. The van der Waals surface area contributed by atoms with Gasteiger partial charge in [0.1, 0.15) is 0 Å². The highest BCUT2D eigenvalue weighted by molar-refractivity contribution is 5.94. The normalized spacial score (nSPS) is 17.3. The fourth-order valence-electron chi connectivity index (χ4n) is 2.87. The first-order chi connectivity index (χ1) is 10.1. The van der Waals surface area contributed by atoms with Gasteiger partial charge in [-0.3, -0.25) is 4.79 Å². The molecule has 1 aromatic carbocycles. The SMILES string of the molecule is COc1ccc(C(=O)NCC2(CO)CCCCC2)cc1F. The predicted octanol–water partition coefficient (Wildman–Crippen LogP) is 2.51. The number of halogens is 1. The molecule has 0 atom stereocenters. The summed E-state index contributed by atoms with van der Waals surface area (Å²) in [6.07, 6.45) is 5.17. The van der Waals surface area contributed by atoms with Gasteiger partial charge in [-0.1, -0.05) is 19.3 Å². The number of rotatable bonds is 5. The van der Waals surface area contributed by atoms with Crippen molar-refractivity contribution >= 4 is 5.91 Å². The summed E-state index contributed by atoms with van der Waals surface area (Å²) in [4.78, 5) is 12.1. The monoisotopic (exact) mass is 295 g/mol. The van der Waals surface area contributed by atoms with Crippen LogP contribution >= 0.6 is 0 Å². The smallest absolute Gasteiger partial charge is 0.251 e. The van der Waals surface area contributed by atoms with Gasteiger partial charge in [0.2, 0.25) is 0 Å². The van der Waals surface area contributed by atoms with Crippen molar-refractivity contribution in [3.63, 3.8) is 0 Å². The van der Waals surface area contributed by atoms with Crippen molar-refractivity contribution in [3.8, 4) is 5.75 Å². The molecule has 1 fully saturated rings. The Balaban J connectivity index is 1.99. The number of ether oxygens (including phenoxy) is 1. The Labute approximate surface area is 124 Å². The maximum absolute atomic E-state index is 13.6. The summed E-state index contributed by atoms with van der Waals surface area (Å²) >= 11 is 0. The maximum atomic E-state index is 13.6. The van der Waals surface area contributed by atoms with Gasteiger partial charge >= 0.3 is 0 Å². The molecule has 1 amide bonds. The van der Waals surface area contributed by atoms with E-state index in [9.17, 15) is 14.3 Å². The summed E-state index contributed by atoms with van der Waals surface area (Å²) < 4.78 is 18.4. The summed E-state index contributed by atoms with van der Waals surface area (Å²) in [5, 5.41) is 12.4. The van der Waals surface area contributed by atoms with Crippen molar-refractivity contribution in [1.82, 2.24) is 5.32 Å². The lowest BCUT2D eigenvalue weighted by atomic mass is 9.74. The second kappa shape index (κ2) is 6.89. The Bertz CT molecular complexity index is 498. The number of benzene rings is 1. The van der Waals surface area contributed by atoms with Crippen molar-refractivity contribution in [1.29, 1.82) is 0 Å². The number of hydrogen-bond donors (Lipinski definition) is 2. The molecule has 1 aromatic rings.